The Hall–Kier alpha value is -1.14. The number of ketones is 1. The summed E-state index contributed by atoms with van der Waals surface area (Å²) in [4.78, 5) is 14.6. The van der Waals surface area contributed by atoms with Crippen molar-refractivity contribution in [1.29, 1.82) is 0 Å². The first-order valence-corrected chi connectivity index (χ1v) is 5.12. The minimum Gasteiger partial charge on any atom is -0.396 e. The van der Waals surface area contributed by atoms with E-state index in [4.69, 9.17) is 16.7 Å². The van der Waals surface area contributed by atoms with Crippen molar-refractivity contribution in [1.82, 2.24) is 4.98 Å². The number of alkyl halides is 3. The van der Waals surface area contributed by atoms with Gasteiger partial charge in [0.1, 0.15) is 10.8 Å². The van der Waals surface area contributed by atoms with Gasteiger partial charge in [0.2, 0.25) is 0 Å². The number of carbonyl (C=O) groups excluding carboxylic acids is 1. The Kier molecular flexibility index (Phi) is 4.47. The molecule has 0 amide bonds. The van der Waals surface area contributed by atoms with Gasteiger partial charge in [-0.15, -0.1) is 0 Å². The predicted molar refractivity (Wildman–Crippen MR) is 54.9 cm³/mol. The summed E-state index contributed by atoms with van der Waals surface area (Å²) in [5, 5.41) is 8.06. The Balaban J connectivity index is 2.94. The topological polar surface area (TPSA) is 50.2 Å². The summed E-state index contributed by atoms with van der Waals surface area (Å²) in [5.41, 5.74) is -1.20. The Morgan fingerprint density at radius 2 is 2.06 bits per heavy atom. The average Bonchev–Trinajstić information content (AvgIpc) is 2.24. The van der Waals surface area contributed by atoms with Gasteiger partial charge >= 0.3 is 6.18 Å². The molecule has 0 aromatic carbocycles. The van der Waals surface area contributed by atoms with Gasteiger partial charge in [0.05, 0.1) is 5.56 Å². The van der Waals surface area contributed by atoms with Gasteiger partial charge in [-0.2, -0.15) is 13.2 Å². The van der Waals surface area contributed by atoms with E-state index in [-0.39, 0.29) is 25.0 Å². The number of hydrogen-bond donors (Lipinski definition) is 1. The second-order valence-corrected chi connectivity index (χ2v) is 3.64. The molecule has 0 aliphatic heterocycles. The van der Waals surface area contributed by atoms with Crippen molar-refractivity contribution in [2.75, 3.05) is 6.61 Å². The van der Waals surface area contributed by atoms with E-state index in [9.17, 15) is 18.0 Å². The lowest BCUT2D eigenvalue weighted by atomic mass is 10.1. The van der Waals surface area contributed by atoms with Crippen LogP contribution in [0.2, 0.25) is 5.15 Å². The van der Waals surface area contributed by atoms with Gasteiger partial charge in [0, 0.05) is 13.0 Å². The smallest absolute Gasteiger partial charge is 0.396 e. The molecule has 17 heavy (non-hydrogen) atoms. The molecule has 0 aliphatic rings. The van der Waals surface area contributed by atoms with Gasteiger partial charge in [-0.05, 0) is 18.6 Å². The zero-order valence-electron chi connectivity index (χ0n) is 8.59. The van der Waals surface area contributed by atoms with E-state index in [0.717, 1.165) is 6.07 Å². The monoisotopic (exact) mass is 267 g/mol. The van der Waals surface area contributed by atoms with Crippen LogP contribution in [0.4, 0.5) is 13.2 Å². The third kappa shape index (κ3) is 3.67. The van der Waals surface area contributed by atoms with Gasteiger partial charge in [0.15, 0.2) is 5.78 Å². The SMILES string of the molecule is O=C(CCCO)c1ccc(C(F)(F)F)nc1Cl. The number of pyridine rings is 1. The number of Topliss-reactive ketones (excluding diaryl/α,β-unsaturated/α-hetero) is 1. The Morgan fingerprint density at radius 1 is 1.41 bits per heavy atom. The van der Waals surface area contributed by atoms with E-state index >= 15 is 0 Å². The zero-order chi connectivity index (χ0) is 13.1. The number of aromatic nitrogens is 1. The molecule has 0 saturated heterocycles. The highest BCUT2D eigenvalue weighted by atomic mass is 35.5. The molecule has 0 radical (unpaired) electrons. The van der Waals surface area contributed by atoms with Crippen molar-refractivity contribution >= 4 is 17.4 Å². The lowest BCUT2D eigenvalue weighted by Gasteiger charge is -2.08. The first-order chi connectivity index (χ1) is 7.86. The van der Waals surface area contributed by atoms with Gasteiger partial charge < -0.3 is 5.11 Å². The predicted octanol–water partition coefficient (Wildman–Crippen LogP) is 2.71. The largest absolute Gasteiger partial charge is 0.433 e. The van der Waals surface area contributed by atoms with Crippen LogP contribution < -0.4 is 0 Å². The molecule has 7 heteroatoms. The van der Waals surface area contributed by atoms with Crippen LogP contribution in [0.3, 0.4) is 0 Å². The van der Waals surface area contributed by atoms with Crippen molar-refractivity contribution in [2.45, 2.75) is 19.0 Å². The molecule has 1 rings (SSSR count). The molecule has 1 aromatic heterocycles. The third-order valence-electron chi connectivity index (χ3n) is 2.00. The minimum atomic E-state index is -4.59. The molecule has 1 heterocycles. The summed E-state index contributed by atoms with van der Waals surface area (Å²) in [6.07, 6.45) is -4.34. The van der Waals surface area contributed by atoms with Crippen LogP contribution in [-0.4, -0.2) is 22.5 Å². The summed E-state index contributed by atoms with van der Waals surface area (Å²) in [7, 11) is 0. The highest BCUT2D eigenvalue weighted by molar-refractivity contribution is 6.32. The van der Waals surface area contributed by atoms with Crippen LogP contribution in [0, 0.1) is 0 Å². The molecule has 0 bridgehead atoms. The fourth-order valence-electron chi connectivity index (χ4n) is 1.17. The quantitative estimate of drug-likeness (QED) is 0.674. The number of rotatable bonds is 4. The van der Waals surface area contributed by atoms with Crippen LogP contribution in [0.15, 0.2) is 12.1 Å². The number of carbonyl (C=O) groups is 1. The summed E-state index contributed by atoms with van der Waals surface area (Å²) in [6, 6.07) is 1.70. The molecule has 0 spiro atoms. The third-order valence-corrected chi connectivity index (χ3v) is 2.29. The molecule has 94 valence electrons. The summed E-state index contributed by atoms with van der Waals surface area (Å²) < 4.78 is 36.8. The van der Waals surface area contributed by atoms with Crippen LogP contribution in [-0.2, 0) is 6.18 Å². The van der Waals surface area contributed by atoms with E-state index in [2.05, 4.69) is 4.98 Å². The fraction of sp³-hybridized carbons (Fsp3) is 0.400. The lowest BCUT2D eigenvalue weighted by molar-refractivity contribution is -0.141. The van der Waals surface area contributed by atoms with E-state index in [1.54, 1.807) is 0 Å². The van der Waals surface area contributed by atoms with Gasteiger partial charge in [-0.25, -0.2) is 4.98 Å². The lowest BCUT2D eigenvalue weighted by Crippen LogP contribution is -2.10. The van der Waals surface area contributed by atoms with Crippen LogP contribution in [0.1, 0.15) is 28.9 Å². The fourth-order valence-corrected chi connectivity index (χ4v) is 1.43. The van der Waals surface area contributed by atoms with E-state index in [1.165, 1.54) is 0 Å². The van der Waals surface area contributed by atoms with Gasteiger partial charge in [0.25, 0.3) is 0 Å². The van der Waals surface area contributed by atoms with E-state index < -0.39 is 22.8 Å². The number of nitrogens with zero attached hydrogens (tertiary/aromatic N) is 1. The standard InChI is InChI=1S/C10H9ClF3NO2/c11-9-6(7(17)2-1-5-16)3-4-8(15-9)10(12,13)14/h3-4,16H,1-2,5H2. The Morgan fingerprint density at radius 3 is 2.53 bits per heavy atom. The maximum Gasteiger partial charge on any atom is 0.433 e. The van der Waals surface area contributed by atoms with Gasteiger partial charge in [-0.1, -0.05) is 11.6 Å². The molecule has 1 aromatic rings. The second-order valence-electron chi connectivity index (χ2n) is 3.28. The summed E-state index contributed by atoms with van der Waals surface area (Å²) >= 11 is 5.51. The number of halogens is 4. The van der Waals surface area contributed by atoms with Crippen LogP contribution in [0.25, 0.3) is 0 Å². The molecule has 0 unspecified atom stereocenters. The summed E-state index contributed by atoms with van der Waals surface area (Å²) in [5.74, 6) is -0.440. The average molecular weight is 268 g/mol. The molecule has 0 atom stereocenters. The molecule has 3 nitrogen and oxygen atoms in total. The van der Waals surface area contributed by atoms with Crippen LogP contribution >= 0.6 is 11.6 Å². The second kappa shape index (κ2) is 5.46. The molecular weight excluding hydrogens is 259 g/mol. The zero-order valence-corrected chi connectivity index (χ0v) is 9.35. The number of aliphatic hydroxyl groups excluding tert-OH is 1. The molecule has 1 N–H and O–H groups in total. The highest BCUT2D eigenvalue weighted by Gasteiger charge is 2.33. The van der Waals surface area contributed by atoms with E-state index in [1.807, 2.05) is 0 Å². The van der Waals surface area contributed by atoms with Crippen molar-refractivity contribution in [2.24, 2.45) is 0 Å². The summed E-state index contributed by atoms with van der Waals surface area (Å²) in [6.45, 7) is -0.169. The molecule has 0 fully saturated rings. The number of aliphatic hydroxyl groups is 1. The van der Waals surface area contributed by atoms with Gasteiger partial charge in [-0.3, -0.25) is 4.79 Å². The molecule has 0 aliphatic carbocycles. The minimum absolute atomic E-state index is 0.0171. The van der Waals surface area contributed by atoms with Crippen molar-refractivity contribution in [3.63, 3.8) is 0 Å². The maximum absolute atomic E-state index is 12.3. The van der Waals surface area contributed by atoms with Crippen molar-refractivity contribution < 1.29 is 23.1 Å². The first kappa shape index (κ1) is 13.9. The number of hydrogen-bond acceptors (Lipinski definition) is 3. The maximum atomic E-state index is 12.3. The Bertz CT molecular complexity index is 421. The Labute approximate surface area is 100 Å². The van der Waals surface area contributed by atoms with E-state index in [0.29, 0.717) is 6.07 Å². The normalized spacial score (nSPS) is 11.6. The first-order valence-electron chi connectivity index (χ1n) is 4.74. The highest BCUT2D eigenvalue weighted by Crippen LogP contribution is 2.29. The molecule has 0 saturated carbocycles. The van der Waals surface area contributed by atoms with Crippen molar-refractivity contribution in [3.05, 3.63) is 28.5 Å². The van der Waals surface area contributed by atoms with Crippen LogP contribution in [0.5, 0.6) is 0 Å². The molecular formula is C10H9ClF3NO2. The van der Waals surface area contributed by atoms with Crippen molar-refractivity contribution in [3.8, 4) is 0 Å².